The van der Waals surface area contributed by atoms with E-state index in [9.17, 15) is 9.90 Å². The number of carbonyl (C=O) groups excluding carboxylic acids is 1. The Morgan fingerprint density at radius 3 is 2.38 bits per heavy atom. The van der Waals surface area contributed by atoms with Crippen molar-refractivity contribution in [3.63, 3.8) is 0 Å². The number of allylic oxidation sites excluding steroid dienone is 2. The van der Waals surface area contributed by atoms with Crippen LogP contribution in [-0.4, -0.2) is 65.3 Å². The fourth-order valence-electron chi connectivity index (χ4n) is 5.73. The van der Waals surface area contributed by atoms with Crippen molar-refractivity contribution in [1.82, 2.24) is 14.9 Å². The molecule has 1 amide bonds. The predicted octanol–water partition coefficient (Wildman–Crippen LogP) is 4.36. The Morgan fingerprint density at radius 1 is 1.03 bits per heavy atom. The molecule has 2 atom stereocenters. The summed E-state index contributed by atoms with van der Waals surface area (Å²) in [7, 11) is 0. The Morgan fingerprint density at radius 2 is 1.76 bits per heavy atom. The number of aryl methyl sites for hydroxylation is 1. The molecule has 1 aromatic carbocycles. The smallest absolute Gasteiger partial charge is 0.226 e. The summed E-state index contributed by atoms with van der Waals surface area (Å²) in [5.74, 6) is 2.91. The first kappa shape index (κ1) is 25.7. The van der Waals surface area contributed by atoms with Gasteiger partial charge in [-0.2, -0.15) is 0 Å². The molecule has 2 aliphatic heterocycles. The highest BCUT2D eigenvalue weighted by Gasteiger charge is 2.31. The number of rotatable bonds is 8. The van der Waals surface area contributed by atoms with Gasteiger partial charge in [0.25, 0.3) is 0 Å². The highest BCUT2D eigenvalue weighted by Crippen LogP contribution is 2.33. The van der Waals surface area contributed by atoms with Gasteiger partial charge in [-0.1, -0.05) is 25.1 Å². The summed E-state index contributed by atoms with van der Waals surface area (Å²) in [4.78, 5) is 26.1. The molecule has 1 N–H and O–H groups in total. The number of likely N-dealkylation sites (tertiary alicyclic amines) is 1. The summed E-state index contributed by atoms with van der Waals surface area (Å²) in [6.07, 6.45) is 12.8. The lowest BCUT2D eigenvalue weighted by Crippen LogP contribution is -2.36. The summed E-state index contributed by atoms with van der Waals surface area (Å²) in [5.41, 5.74) is 3.72. The first-order valence-electron chi connectivity index (χ1n) is 14.0. The average Bonchev–Trinajstić information content (AvgIpc) is 3.46. The van der Waals surface area contributed by atoms with Gasteiger partial charge in [0.2, 0.25) is 11.9 Å². The molecule has 37 heavy (non-hydrogen) atoms. The van der Waals surface area contributed by atoms with Crippen LogP contribution in [0.3, 0.4) is 0 Å². The highest BCUT2D eigenvalue weighted by molar-refractivity contribution is 5.81. The van der Waals surface area contributed by atoms with Gasteiger partial charge in [-0.05, 0) is 79.7 Å². The minimum atomic E-state index is 0.0810. The van der Waals surface area contributed by atoms with Crippen molar-refractivity contribution in [1.29, 1.82) is 0 Å². The van der Waals surface area contributed by atoms with E-state index in [1.807, 2.05) is 17.3 Å². The summed E-state index contributed by atoms with van der Waals surface area (Å²) in [5, 5.41) is 9.36. The third kappa shape index (κ3) is 6.32. The van der Waals surface area contributed by atoms with Crippen LogP contribution in [0.15, 0.2) is 42.7 Å². The van der Waals surface area contributed by atoms with Crippen molar-refractivity contribution in [3.8, 4) is 5.75 Å². The van der Waals surface area contributed by atoms with E-state index in [2.05, 4.69) is 52.1 Å². The molecule has 0 bridgehead atoms. The number of amides is 1. The second-order valence-electron chi connectivity index (χ2n) is 10.8. The summed E-state index contributed by atoms with van der Waals surface area (Å²) < 4.78 is 6.15. The van der Waals surface area contributed by atoms with Crippen molar-refractivity contribution in [2.75, 3.05) is 44.3 Å². The lowest BCUT2D eigenvalue weighted by atomic mass is 9.86. The van der Waals surface area contributed by atoms with Crippen molar-refractivity contribution in [2.24, 2.45) is 17.8 Å². The molecule has 3 aliphatic rings. The van der Waals surface area contributed by atoms with Crippen LogP contribution in [0.1, 0.15) is 56.6 Å². The predicted molar refractivity (Wildman–Crippen MR) is 145 cm³/mol. The van der Waals surface area contributed by atoms with Gasteiger partial charge >= 0.3 is 0 Å². The van der Waals surface area contributed by atoms with E-state index >= 15 is 0 Å². The largest absolute Gasteiger partial charge is 0.493 e. The van der Waals surface area contributed by atoms with Gasteiger partial charge in [0.1, 0.15) is 5.75 Å². The number of aromatic nitrogens is 2. The number of aliphatic hydroxyl groups excluding tert-OH is 1. The molecular formula is C30H40N4O3. The van der Waals surface area contributed by atoms with Crippen LogP contribution < -0.4 is 9.64 Å². The van der Waals surface area contributed by atoms with E-state index in [1.165, 1.54) is 16.7 Å². The Balaban J connectivity index is 1.06. The summed E-state index contributed by atoms with van der Waals surface area (Å²) >= 11 is 0. The molecule has 2 fully saturated rings. The quantitative estimate of drug-likeness (QED) is 0.576. The van der Waals surface area contributed by atoms with Crippen LogP contribution in [-0.2, 0) is 11.2 Å². The molecule has 3 heterocycles. The number of hydrogen-bond acceptors (Lipinski definition) is 6. The Hall–Kier alpha value is -2.93. The molecule has 7 heteroatoms. The zero-order valence-electron chi connectivity index (χ0n) is 22.0. The van der Waals surface area contributed by atoms with Crippen LogP contribution in [0.4, 0.5) is 5.95 Å². The third-order valence-corrected chi connectivity index (χ3v) is 8.32. The lowest BCUT2D eigenvalue weighted by molar-refractivity contribution is -0.134. The molecule has 7 nitrogen and oxygen atoms in total. The zero-order chi connectivity index (χ0) is 25.6. The van der Waals surface area contributed by atoms with Crippen LogP contribution in [0.25, 0.3) is 5.57 Å². The minimum Gasteiger partial charge on any atom is -0.493 e. The SMILES string of the molecule is CCc1cnc(N2CCC(COc3ccc(C4=CCC(C(=O)N5CC[C@H](CO)C5)CC4)cc3)CC2)nc1. The monoisotopic (exact) mass is 504 g/mol. The van der Waals surface area contributed by atoms with Gasteiger partial charge in [-0.3, -0.25) is 4.79 Å². The Labute approximate surface area is 220 Å². The van der Waals surface area contributed by atoms with Crippen LogP contribution in [0, 0.1) is 17.8 Å². The molecule has 0 radical (unpaired) electrons. The van der Waals surface area contributed by atoms with E-state index in [0.29, 0.717) is 12.5 Å². The lowest BCUT2D eigenvalue weighted by Gasteiger charge is -2.31. The van der Waals surface area contributed by atoms with Crippen LogP contribution in [0.5, 0.6) is 5.75 Å². The molecule has 5 rings (SSSR count). The van der Waals surface area contributed by atoms with Crippen LogP contribution in [0.2, 0.25) is 0 Å². The first-order chi connectivity index (χ1) is 18.1. The zero-order valence-corrected chi connectivity index (χ0v) is 22.0. The van der Waals surface area contributed by atoms with E-state index in [0.717, 1.165) is 82.9 Å². The van der Waals surface area contributed by atoms with Crippen molar-refractivity contribution >= 4 is 17.4 Å². The fraction of sp³-hybridized carbons (Fsp3) is 0.567. The number of nitrogens with zero attached hydrogens (tertiary/aromatic N) is 4. The molecule has 1 aromatic heterocycles. The second kappa shape index (κ2) is 12.1. The Bertz CT molecular complexity index is 1060. The number of carbonyl (C=O) groups is 1. The van der Waals surface area contributed by atoms with E-state index in [4.69, 9.17) is 4.74 Å². The van der Waals surface area contributed by atoms with Crippen LogP contribution >= 0.6 is 0 Å². The van der Waals surface area contributed by atoms with Gasteiger partial charge < -0.3 is 19.6 Å². The molecule has 198 valence electrons. The number of aliphatic hydroxyl groups is 1. The maximum Gasteiger partial charge on any atom is 0.226 e. The molecule has 1 aliphatic carbocycles. The van der Waals surface area contributed by atoms with E-state index < -0.39 is 0 Å². The van der Waals surface area contributed by atoms with E-state index in [-0.39, 0.29) is 24.3 Å². The number of anilines is 1. The van der Waals surface area contributed by atoms with Gasteiger partial charge in [-0.15, -0.1) is 0 Å². The number of hydrogen-bond donors (Lipinski definition) is 1. The van der Waals surface area contributed by atoms with Gasteiger partial charge in [0, 0.05) is 57.0 Å². The molecule has 2 aromatic rings. The van der Waals surface area contributed by atoms with Gasteiger partial charge in [-0.25, -0.2) is 9.97 Å². The van der Waals surface area contributed by atoms with Crippen molar-refractivity contribution < 1.29 is 14.6 Å². The molecule has 0 spiro atoms. The fourth-order valence-corrected chi connectivity index (χ4v) is 5.73. The van der Waals surface area contributed by atoms with Crippen molar-refractivity contribution in [2.45, 2.75) is 51.9 Å². The Kier molecular flexibility index (Phi) is 8.39. The van der Waals surface area contributed by atoms with Gasteiger partial charge in [0.15, 0.2) is 0 Å². The number of ether oxygens (including phenoxy) is 1. The average molecular weight is 505 g/mol. The maximum atomic E-state index is 12.9. The standard InChI is InChI=1S/C30H40N4O3/c1-2-22-17-31-30(32-18-22)33-14-11-23(12-15-33)21-37-28-9-7-26(8-10-28)25-3-5-27(6-4-25)29(36)34-16-13-24(19-34)20-35/h3,7-10,17-18,23-24,27,35H,2,4-6,11-16,19-21H2,1H3/t24-,27?/m0/s1. The first-order valence-corrected chi connectivity index (χ1v) is 14.0. The molecule has 2 saturated heterocycles. The summed E-state index contributed by atoms with van der Waals surface area (Å²) in [6, 6.07) is 8.45. The highest BCUT2D eigenvalue weighted by atomic mass is 16.5. The number of piperidine rings is 1. The van der Waals surface area contributed by atoms with Crippen molar-refractivity contribution in [3.05, 3.63) is 53.9 Å². The van der Waals surface area contributed by atoms with E-state index in [1.54, 1.807) is 0 Å². The number of benzene rings is 1. The van der Waals surface area contributed by atoms with Gasteiger partial charge in [0.05, 0.1) is 6.61 Å². The second-order valence-corrected chi connectivity index (χ2v) is 10.8. The maximum absolute atomic E-state index is 12.9. The minimum absolute atomic E-state index is 0.0810. The third-order valence-electron chi connectivity index (χ3n) is 8.32. The topological polar surface area (TPSA) is 78.8 Å². The molecular weight excluding hydrogens is 464 g/mol. The molecule has 1 unspecified atom stereocenters. The molecule has 0 saturated carbocycles. The summed E-state index contributed by atoms with van der Waals surface area (Å²) in [6.45, 7) is 6.48. The normalized spacial score (nSPS) is 22.7.